The van der Waals surface area contributed by atoms with Crippen molar-refractivity contribution in [1.82, 2.24) is 5.32 Å². The van der Waals surface area contributed by atoms with Crippen LogP contribution in [0.3, 0.4) is 0 Å². The first-order valence-corrected chi connectivity index (χ1v) is 8.78. The molecule has 0 aliphatic heterocycles. The number of amides is 1. The third-order valence-electron chi connectivity index (χ3n) is 4.10. The van der Waals surface area contributed by atoms with Crippen molar-refractivity contribution < 1.29 is 14.3 Å². The largest absolute Gasteiger partial charge is 0.467 e. The van der Waals surface area contributed by atoms with Crippen molar-refractivity contribution >= 4 is 34.5 Å². The maximum atomic E-state index is 12.2. The van der Waals surface area contributed by atoms with Gasteiger partial charge in [0.15, 0.2) is 0 Å². The van der Waals surface area contributed by atoms with Crippen molar-refractivity contribution in [1.29, 1.82) is 0 Å². The molecule has 1 N–H and O–H groups in total. The Bertz CT molecular complexity index is 526. The van der Waals surface area contributed by atoms with E-state index in [1.807, 2.05) is 24.3 Å². The molecule has 4 nitrogen and oxygen atoms in total. The normalized spacial score (nSPS) is 16.3. The van der Waals surface area contributed by atoms with Gasteiger partial charge in [0.1, 0.15) is 6.04 Å². The minimum Gasteiger partial charge on any atom is -0.467 e. The lowest BCUT2D eigenvalue weighted by Crippen LogP contribution is -2.43. The zero-order valence-electron chi connectivity index (χ0n) is 12.8. The van der Waals surface area contributed by atoms with Crippen LogP contribution in [0, 0.1) is 9.49 Å². The van der Waals surface area contributed by atoms with Gasteiger partial charge in [-0.1, -0.05) is 25.0 Å². The molecule has 1 aromatic carbocycles. The third kappa shape index (κ3) is 5.26. The average Bonchev–Trinajstić information content (AvgIpc) is 2.98. The van der Waals surface area contributed by atoms with Gasteiger partial charge in [-0.25, -0.2) is 4.79 Å². The van der Waals surface area contributed by atoms with E-state index in [1.54, 1.807) is 0 Å². The fourth-order valence-electron chi connectivity index (χ4n) is 2.97. The van der Waals surface area contributed by atoms with Crippen LogP contribution in [-0.2, 0) is 20.7 Å². The second kappa shape index (κ2) is 8.50. The summed E-state index contributed by atoms with van der Waals surface area (Å²) >= 11 is 2.23. The lowest BCUT2D eigenvalue weighted by molar-refractivity contribution is -0.145. The van der Waals surface area contributed by atoms with Gasteiger partial charge in [-0.05, 0) is 59.0 Å². The van der Waals surface area contributed by atoms with Crippen molar-refractivity contribution in [3.8, 4) is 0 Å². The number of hydrogen-bond acceptors (Lipinski definition) is 3. The molecule has 1 fully saturated rings. The lowest BCUT2D eigenvalue weighted by Gasteiger charge is -2.18. The molecule has 1 amide bonds. The highest BCUT2D eigenvalue weighted by Gasteiger charge is 2.24. The number of ether oxygens (including phenoxy) is 1. The number of hydrogen-bond donors (Lipinski definition) is 1. The summed E-state index contributed by atoms with van der Waals surface area (Å²) in [4.78, 5) is 24.1. The minimum absolute atomic E-state index is 0.0482. The van der Waals surface area contributed by atoms with Gasteiger partial charge in [0.2, 0.25) is 5.91 Å². The highest BCUT2D eigenvalue weighted by atomic mass is 127. The molecule has 120 valence electrons. The van der Waals surface area contributed by atoms with Crippen molar-refractivity contribution in [3.63, 3.8) is 0 Å². The zero-order valence-corrected chi connectivity index (χ0v) is 15.0. The molecule has 0 spiro atoms. The molecule has 0 radical (unpaired) electrons. The van der Waals surface area contributed by atoms with Gasteiger partial charge in [-0.15, -0.1) is 0 Å². The van der Waals surface area contributed by atoms with Crippen LogP contribution in [0.4, 0.5) is 0 Å². The molecule has 1 aromatic rings. The molecule has 1 aliphatic rings. The molecule has 0 unspecified atom stereocenters. The van der Waals surface area contributed by atoms with E-state index in [-0.39, 0.29) is 5.91 Å². The van der Waals surface area contributed by atoms with Gasteiger partial charge in [0, 0.05) is 16.4 Å². The maximum Gasteiger partial charge on any atom is 0.328 e. The van der Waals surface area contributed by atoms with Crippen LogP contribution in [0.5, 0.6) is 0 Å². The number of nitrogens with one attached hydrogen (secondary N) is 1. The Morgan fingerprint density at radius 2 is 2.09 bits per heavy atom. The summed E-state index contributed by atoms with van der Waals surface area (Å²) < 4.78 is 5.94. The Labute approximate surface area is 145 Å². The Hall–Kier alpha value is -1.11. The molecular weight excluding hydrogens is 393 g/mol. The number of halogens is 1. The summed E-state index contributed by atoms with van der Waals surface area (Å²) in [5, 5.41) is 2.85. The van der Waals surface area contributed by atoms with Gasteiger partial charge >= 0.3 is 5.97 Å². The number of rotatable bonds is 6. The fraction of sp³-hybridized carbons (Fsp3) is 0.529. The first kappa shape index (κ1) is 17.2. The van der Waals surface area contributed by atoms with Crippen LogP contribution >= 0.6 is 22.6 Å². The van der Waals surface area contributed by atoms with Gasteiger partial charge in [-0.2, -0.15) is 0 Å². The molecule has 1 saturated carbocycles. The third-order valence-corrected chi connectivity index (χ3v) is 4.77. The summed E-state index contributed by atoms with van der Waals surface area (Å²) in [6, 6.07) is 7.31. The van der Waals surface area contributed by atoms with Gasteiger partial charge < -0.3 is 10.1 Å². The predicted octanol–water partition coefficient (Wildman–Crippen LogP) is 3.07. The van der Waals surface area contributed by atoms with Crippen LogP contribution in [0.1, 0.15) is 37.7 Å². The van der Waals surface area contributed by atoms with E-state index >= 15 is 0 Å². The smallest absolute Gasteiger partial charge is 0.328 e. The Morgan fingerprint density at radius 1 is 1.36 bits per heavy atom. The number of benzene rings is 1. The Kier molecular flexibility index (Phi) is 6.67. The molecule has 1 aliphatic carbocycles. The van der Waals surface area contributed by atoms with Gasteiger partial charge in [0.25, 0.3) is 0 Å². The van der Waals surface area contributed by atoms with Gasteiger partial charge in [0.05, 0.1) is 7.11 Å². The monoisotopic (exact) mass is 415 g/mol. The summed E-state index contributed by atoms with van der Waals surface area (Å²) in [7, 11) is 1.35. The molecule has 0 saturated heterocycles. The first-order valence-electron chi connectivity index (χ1n) is 7.70. The quantitative estimate of drug-likeness (QED) is 0.574. The predicted molar refractivity (Wildman–Crippen MR) is 93.4 cm³/mol. The maximum absolute atomic E-state index is 12.2. The Morgan fingerprint density at radius 3 is 2.73 bits per heavy atom. The summed E-state index contributed by atoms with van der Waals surface area (Å²) in [5.41, 5.74) is 1.02. The van der Waals surface area contributed by atoms with Crippen molar-refractivity contribution in [3.05, 3.63) is 33.4 Å². The van der Waals surface area contributed by atoms with Crippen LogP contribution < -0.4 is 5.32 Å². The van der Waals surface area contributed by atoms with Crippen LogP contribution in [0.15, 0.2) is 24.3 Å². The van der Waals surface area contributed by atoms with E-state index in [4.69, 9.17) is 4.74 Å². The summed E-state index contributed by atoms with van der Waals surface area (Å²) in [5.74, 6) is 0.0301. The van der Waals surface area contributed by atoms with E-state index in [0.29, 0.717) is 18.8 Å². The molecule has 22 heavy (non-hydrogen) atoms. The molecule has 0 aromatic heterocycles. The Balaban J connectivity index is 1.96. The highest BCUT2D eigenvalue weighted by Crippen LogP contribution is 2.27. The number of methoxy groups -OCH3 is 1. The van der Waals surface area contributed by atoms with E-state index in [0.717, 1.165) is 22.0 Å². The van der Waals surface area contributed by atoms with Crippen LogP contribution in [0.25, 0.3) is 0 Å². The SMILES string of the molecule is COC(=O)[C@H](Cc1cccc(I)c1)NC(=O)CC1CCCC1. The lowest BCUT2D eigenvalue weighted by atomic mass is 10.0. The van der Waals surface area contributed by atoms with Crippen molar-refractivity contribution in [2.75, 3.05) is 7.11 Å². The van der Waals surface area contributed by atoms with Crippen molar-refractivity contribution in [2.45, 2.75) is 44.6 Å². The highest BCUT2D eigenvalue weighted by molar-refractivity contribution is 14.1. The van der Waals surface area contributed by atoms with Crippen molar-refractivity contribution in [2.24, 2.45) is 5.92 Å². The molecular formula is C17H22INO3. The number of carbonyl (C=O) groups is 2. The standard InChI is InChI=1S/C17H22INO3/c1-22-17(21)15(10-13-7-4-8-14(18)9-13)19-16(20)11-12-5-2-3-6-12/h4,7-9,12,15H,2-3,5-6,10-11H2,1H3,(H,19,20)/t15-/m0/s1. The zero-order chi connectivity index (χ0) is 15.9. The minimum atomic E-state index is -0.614. The second-order valence-corrected chi connectivity index (χ2v) is 7.08. The number of carbonyl (C=O) groups excluding carboxylic acids is 2. The molecule has 0 heterocycles. The summed E-state index contributed by atoms with van der Waals surface area (Å²) in [6.45, 7) is 0. The first-order chi connectivity index (χ1) is 10.6. The molecule has 0 bridgehead atoms. The van der Waals surface area contributed by atoms with Gasteiger partial charge in [-0.3, -0.25) is 4.79 Å². The molecule has 5 heteroatoms. The fourth-order valence-corrected chi connectivity index (χ4v) is 3.57. The van der Waals surface area contributed by atoms with Crippen LogP contribution in [-0.4, -0.2) is 25.0 Å². The van der Waals surface area contributed by atoms with E-state index in [2.05, 4.69) is 27.9 Å². The average molecular weight is 415 g/mol. The molecule has 2 rings (SSSR count). The van der Waals surface area contributed by atoms with E-state index in [1.165, 1.54) is 20.0 Å². The van der Waals surface area contributed by atoms with Crippen LogP contribution in [0.2, 0.25) is 0 Å². The second-order valence-electron chi connectivity index (χ2n) is 5.83. The van der Waals surface area contributed by atoms with E-state index < -0.39 is 12.0 Å². The molecule has 1 atom stereocenters. The number of esters is 1. The van der Waals surface area contributed by atoms with E-state index in [9.17, 15) is 9.59 Å². The topological polar surface area (TPSA) is 55.4 Å². The summed E-state index contributed by atoms with van der Waals surface area (Å²) in [6.07, 6.45) is 5.63.